The number of halogens is 1. The topological polar surface area (TPSA) is 46.5 Å². The van der Waals surface area contributed by atoms with E-state index in [4.69, 9.17) is 21.4 Å². The van der Waals surface area contributed by atoms with E-state index in [0.29, 0.717) is 10.9 Å². The van der Waals surface area contributed by atoms with Gasteiger partial charge in [-0.25, -0.2) is 0 Å². The molecule has 17 heavy (non-hydrogen) atoms. The molecule has 0 spiro atoms. The summed E-state index contributed by atoms with van der Waals surface area (Å²) >= 11 is 6.15. The molecule has 1 fully saturated rings. The summed E-state index contributed by atoms with van der Waals surface area (Å²) in [5.41, 5.74) is 0.899. The molecule has 1 aliphatic carbocycles. The molecule has 0 amide bonds. The van der Waals surface area contributed by atoms with Gasteiger partial charge in [-0.2, -0.15) is 0 Å². The highest BCUT2D eigenvalue weighted by atomic mass is 35.5. The number of rotatable bonds is 5. The van der Waals surface area contributed by atoms with E-state index < -0.39 is 5.97 Å². The summed E-state index contributed by atoms with van der Waals surface area (Å²) in [6.45, 7) is 0. The predicted molar refractivity (Wildman–Crippen MR) is 65.7 cm³/mol. The van der Waals surface area contributed by atoms with E-state index in [1.165, 1.54) is 0 Å². The number of aliphatic carboxylic acids is 1. The minimum atomic E-state index is -0.777. The molecule has 4 heteroatoms. The summed E-state index contributed by atoms with van der Waals surface area (Å²) < 4.78 is 5.16. The van der Waals surface area contributed by atoms with Gasteiger partial charge < -0.3 is 9.84 Å². The molecule has 1 aliphatic rings. The molecule has 0 aliphatic heterocycles. The SMILES string of the molecule is COc1ccc(Cl)c(C(CC(=O)O)C2CC2)c1. The fraction of sp³-hybridized carbons (Fsp3) is 0.462. The van der Waals surface area contributed by atoms with E-state index in [9.17, 15) is 4.79 Å². The summed E-state index contributed by atoms with van der Waals surface area (Å²) in [4.78, 5) is 10.9. The second-order valence-corrected chi connectivity index (χ2v) is 4.84. The highest BCUT2D eigenvalue weighted by Gasteiger charge is 2.34. The molecule has 0 radical (unpaired) electrons. The van der Waals surface area contributed by atoms with Crippen LogP contribution >= 0.6 is 11.6 Å². The normalized spacial score (nSPS) is 16.6. The van der Waals surface area contributed by atoms with E-state index in [1.54, 1.807) is 19.2 Å². The molecule has 1 aromatic rings. The van der Waals surface area contributed by atoms with Crippen molar-refractivity contribution < 1.29 is 14.6 Å². The molecule has 3 nitrogen and oxygen atoms in total. The van der Waals surface area contributed by atoms with Crippen molar-refractivity contribution in [2.75, 3.05) is 7.11 Å². The second-order valence-electron chi connectivity index (χ2n) is 4.43. The average molecular weight is 255 g/mol. The first-order valence-electron chi connectivity index (χ1n) is 5.67. The Bertz CT molecular complexity index is 427. The molecule has 1 unspecified atom stereocenters. The standard InChI is InChI=1S/C13H15ClO3/c1-17-9-4-5-12(14)11(6-9)10(7-13(15)16)8-2-3-8/h4-6,8,10H,2-3,7H2,1H3,(H,15,16). The van der Waals surface area contributed by atoms with Crippen LogP contribution in [0.1, 0.15) is 30.7 Å². The third-order valence-electron chi connectivity index (χ3n) is 3.19. The number of carbonyl (C=O) groups is 1. The van der Waals surface area contributed by atoms with Crippen molar-refractivity contribution >= 4 is 17.6 Å². The van der Waals surface area contributed by atoms with Gasteiger partial charge in [-0.15, -0.1) is 0 Å². The van der Waals surface area contributed by atoms with Crippen LogP contribution in [0.2, 0.25) is 5.02 Å². The zero-order valence-corrected chi connectivity index (χ0v) is 10.4. The van der Waals surface area contributed by atoms with Crippen molar-refractivity contribution in [1.82, 2.24) is 0 Å². The van der Waals surface area contributed by atoms with Crippen molar-refractivity contribution in [2.24, 2.45) is 5.92 Å². The number of benzene rings is 1. The zero-order valence-electron chi connectivity index (χ0n) is 9.65. The number of hydrogen-bond acceptors (Lipinski definition) is 2. The average Bonchev–Trinajstić information content (AvgIpc) is 3.10. The Morgan fingerprint density at radius 1 is 1.59 bits per heavy atom. The highest BCUT2D eigenvalue weighted by molar-refractivity contribution is 6.31. The molecule has 0 aromatic heterocycles. The van der Waals surface area contributed by atoms with Crippen molar-refractivity contribution in [1.29, 1.82) is 0 Å². The lowest BCUT2D eigenvalue weighted by atomic mass is 9.91. The molecule has 2 rings (SSSR count). The predicted octanol–water partition coefficient (Wildman–Crippen LogP) is 3.32. The number of methoxy groups -OCH3 is 1. The fourth-order valence-corrected chi connectivity index (χ4v) is 2.41. The maximum atomic E-state index is 10.9. The van der Waals surface area contributed by atoms with Gasteiger partial charge in [0.1, 0.15) is 5.75 Å². The van der Waals surface area contributed by atoms with Crippen LogP contribution in [0.15, 0.2) is 18.2 Å². The third-order valence-corrected chi connectivity index (χ3v) is 3.53. The molecule has 1 N–H and O–H groups in total. The fourth-order valence-electron chi connectivity index (χ4n) is 2.15. The van der Waals surface area contributed by atoms with Gasteiger partial charge in [-0.3, -0.25) is 4.79 Å². The van der Waals surface area contributed by atoms with Crippen molar-refractivity contribution in [3.8, 4) is 5.75 Å². The molecular weight excluding hydrogens is 240 g/mol. The number of hydrogen-bond donors (Lipinski definition) is 1. The third kappa shape index (κ3) is 2.91. The van der Waals surface area contributed by atoms with Crippen LogP contribution in [-0.4, -0.2) is 18.2 Å². The van der Waals surface area contributed by atoms with Crippen LogP contribution in [0.3, 0.4) is 0 Å². The van der Waals surface area contributed by atoms with Crippen LogP contribution in [0.4, 0.5) is 0 Å². The van der Waals surface area contributed by atoms with Crippen molar-refractivity contribution in [2.45, 2.75) is 25.2 Å². The van der Waals surface area contributed by atoms with Crippen LogP contribution in [0.5, 0.6) is 5.75 Å². The van der Waals surface area contributed by atoms with Crippen LogP contribution < -0.4 is 4.74 Å². The Balaban J connectivity index is 2.30. The molecule has 1 aromatic carbocycles. The largest absolute Gasteiger partial charge is 0.497 e. The Morgan fingerprint density at radius 3 is 2.82 bits per heavy atom. The van der Waals surface area contributed by atoms with E-state index in [2.05, 4.69) is 0 Å². The van der Waals surface area contributed by atoms with Crippen LogP contribution in [0, 0.1) is 5.92 Å². The van der Waals surface area contributed by atoms with Gasteiger partial charge in [-0.05, 0) is 48.4 Å². The zero-order chi connectivity index (χ0) is 12.4. The van der Waals surface area contributed by atoms with E-state index in [-0.39, 0.29) is 12.3 Å². The summed E-state index contributed by atoms with van der Waals surface area (Å²) in [6.07, 6.45) is 2.31. The van der Waals surface area contributed by atoms with Gasteiger partial charge in [0.25, 0.3) is 0 Å². The second kappa shape index (κ2) is 4.96. The first-order valence-corrected chi connectivity index (χ1v) is 6.05. The summed E-state index contributed by atoms with van der Waals surface area (Å²) in [7, 11) is 1.59. The van der Waals surface area contributed by atoms with Gasteiger partial charge in [-0.1, -0.05) is 11.6 Å². The van der Waals surface area contributed by atoms with Gasteiger partial charge in [0.05, 0.1) is 13.5 Å². The highest BCUT2D eigenvalue weighted by Crippen LogP contribution is 2.46. The van der Waals surface area contributed by atoms with Crippen molar-refractivity contribution in [3.05, 3.63) is 28.8 Å². The van der Waals surface area contributed by atoms with Gasteiger partial charge in [0, 0.05) is 5.02 Å². The summed E-state index contributed by atoms with van der Waals surface area (Å²) in [5.74, 6) is 0.409. The molecular formula is C13H15ClO3. The quantitative estimate of drug-likeness (QED) is 0.877. The molecule has 1 atom stereocenters. The molecule has 0 bridgehead atoms. The smallest absolute Gasteiger partial charge is 0.303 e. The lowest BCUT2D eigenvalue weighted by molar-refractivity contribution is -0.137. The molecule has 0 heterocycles. The first-order chi connectivity index (χ1) is 8.11. The minimum absolute atomic E-state index is 0.00935. The van der Waals surface area contributed by atoms with Gasteiger partial charge in [0.15, 0.2) is 0 Å². The minimum Gasteiger partial charge on any atom is -0.497 e. The molecule has 92 valence electrons. The first kappa shape index (κ1) is 12.2. The van der Waals surface area contributed by atoms with E-state index in [1.807, 2.05) is 6.07 Å². The lowest BCUT2D eigenvalue weighted by Crippen LogP contribution is -2.09. The summed E-state index contributed by atoms with van der Waals surface area (Å²) in [6, 6.07) is 5.41. The number of carboxylic acids is 1. The Kier molecular flexibility index (Phi) is 3.57. The maximum absolute atomic E-state index is 10.9. The molecule has 1 saturated carbocycles. The number of carboxylic acid groups (broad SMARTS) is 1. The Morgan fingerprint density at radius 2 is 2.29 bits per heavy atom. The molecule has 0 saturated heterocycles. The van der Waals surface area contributed by atoms with Gasteiger partial charge in [0.2, 0.25) is 0 Å². The lowest BCUT2D eigenvalue weighted by Gasteiger charge is -2.17. The van der Waals surface area contributed by atoms with Crippen LogP contribution in [0.25, 0.3) is 0 Å². The van der Waals surface area contributed by atoms with Crippen molar-refractivity contribution in [3.63, 3.8) is 0 Å². The summed E-state index contributed by atoms with van der Waals surface area (Å²) in [5, 5.41) is 9.59. The van der Waals surface area contributed by atoms with E-state index in [0.717, 1.165) is 24.2 Å². The Hall–Kier alpha value is -1.22. The maximum Gasteiger partial charge on any atom is 0.303 e. The Labute approximate surface area is 105 Å². The van der Waals surface area contributed by atoms with E-state index >= 15 is 0 Å². The monoisotopic (exact) mass is 254 g/mol. The van der Waals surface area contributed by atoms with Gasteiger partial charge >= 0.3 is 5.97 Å². The number of ether oxygens (including phenoxy) is 1. The van der Waals surface area contributed by atoms with Crippen LogP contribution in [-0.2, 0) is 4.79 Å².